The molecule has 1 fully saturated rings. The zero-order valence-electron chi connectivity index (χ0n) is 11.3. The molecular formula is C14H18N2O3. The maximum atomic E-state index is 11.8. The normalized spacial score (nSPS) is 14.8. The number of hydrogen-bond acceptors (Lipinski definition) is 3. The lowest BCUT2D eigenvalue weighted by atomic mass is 10.1. The second-order valence-electron chi connectivity index (χ2n) is 4.60. The number of benzene rings is 1. The van der Waals surface area contributed by atoms with Crippen LogP contribution in [0, 0.1) is 0 Å². The summed E-state index contributed by atoms with van der Waals surface area (Å²) in [6.45, 7) is 1.44. The van der Waals surface area contributed by atoms with Gasteiger partial charge in [0.05, 0.1) is 7.11 Å². The van der Waals surface area contributed by atoms with Crippen molar-refractivity contribution in [1.29, 1.82) is 0 Å². The Hall–Kier alpha value is -1.88. The Balaban J connectivity index is 2.02. The standard InChI is InChI=1S/C14H18N2O3/c1-15(19-2)14(18)12-7-5-11(6-8-12)10-16-9-3-4-13(16)17/h5-8H,3-4,9-10H2,1-2H3. The van der Waals surface area contributed by atoms with Crippen LogP contribution < -0.4 is 0 Å². The van der Waals surface area contributed by atoms with Crippen molar-refractivity contribution in [2.45, 2.75) is 19.4 Å². The highest BCUT2D eigenvalue weighted by atomic mass is 16.7. The largest absolute Gasteiger partial charge is 0.338 e. The van der Waals surface area contributed by atoms with E-state index in [0.717, 1.165) is 18.5 Å². The Labute approximate surface area is 112 Å². The lowest BCUT2D eigenvalue weighted by Crippen LogP contribution is -2.25. The van der Waals surface area contributed by atoms with Crippen molar-refractivity contribution in [2.24, 2.45) is 0 Å². The highest BCUT2D eigenvalue weighted by Crippen LogP contribution is 2.15. The van der Waals surface area contributed by atoms with Gasteiger partial charge in [-0.2, -0.15) is 0 Å². The van der Waals surface area contributed by atoms with Gasteiger partial charge in [-0.3, -0.25) is 14.4 Å². The van der Waals surface area contributed by atoms with E-state index in [2.05, 4.69) is 0 Å². The van der Waals surface area contributed by atoms with Crippen LogP contribution >= 0.6 is 0 Å². The van der Waals surface area contributed by atoms with Gasteiger partial charge in [-0.1, -0.05) is 12.1 Å². The summed E-state index contributed by atoms with van der Waals surface area (Å²) < 4.78 is 0. The highest BCUT2D eigenvalue weighted by molar-refractivity contribution is 5.93. The highest BCUT2D eigenvalue weighted by Gasteiger charge is 2.20. The maximum absolute atomic E-state index is 11.8. The number of carbonyl (C=O) groups excluding carboxylic acids is 2. The monoisotopic (exact) mass is 262 g/mol. The fraction of sp³-hybridized carbons (Fsp3) is 0.429. The summed E-state index contributed by atoms with van der Waals surface area (Å²) in [7, 11) is 3.02. The van der Waals surface area contributed by atoms with Gasteiger partial charge in [-0.05, 0) is 24.1 Å². The number of likely N-dealkylation sites (tertiary alicyclic amines) is 1. The van der Waals surface area contributed by atoms with Crippen molar-refractivity contribution in [3.05, 3.63) is 35.4 Å². The molecule has 1 aliphatic heterocycles. The molecule has 0 radical (unpaired) electrons. The van der Waals surface area contributed by atoms with E-state index in [1.807, 2.05) is 17.0 Å². The first-order valence-corrected chi connectivity index (χ1v) is 6.30. The fourth-order valence-electron chi connectivity index (χ4n) is 2.11. The van der Waals surface area contributed by atoms with Crippen molar-refractivity contribution < 1.29 is 14.4 Å². The maximum Gasteiger partial charge on any atom is 0.277 e. The van der Waals surface area contributed by atoms with Crippen molar-refractivity contribution in [2.75, 3.05) is 20.7 Å². The van der Waals surface area contributed by atoms with E-state index in [1.165, 1.54) is 12.2 Å². The number of nitrogens with zero attached hydrogens (tertiary/aromatic N) is 2. The quantitative estimate of drug-likeness (QED) is 0.772. The molecule has 0 atom stereocenters. The number of rotatable bonds is 4. The second kappa shape index (κ2) is 5.84. The summed E-state index contributed by atoms with van der Waals surface area (Å²) in [5.41, 5.74) is 1.60. The molecule has 1 saturated heterocycles. The second-order valence-corrected chi connectivity index (χ2v) is 4.60. The Bertz CT molecular complexity index is 470. The van der Waals surface area contributed by atoms with Crippen LogP contribution in [0.25, 0.3) is 0 Å². The molecule has 0 aromatic heterocycles. The summed E-state index contributed by atoms with van der Waals surface area (Å²) in [4.78, 5) is 30.0. The molecule has 0 spiro atoms. The molecule has 5 heteroatoms. The Morgan fingerprint density at radius 2 is 2.05 bits per heavy atom. The van der Waals surface area contributed by atoms with Gasteiger partial charge in [0.1, 0.15) is 0 Å². The lowest BCUT2D eigenvalue weighted by molar-refractivity contribution is -0.128. The third-order valence-corrected chi connectivity index (χ3v) is 3.31. The van der Waals surface area contributed by atoms with Gasteiger partial charge in [0.25, 0.3) is 5.91 Å². The molecule has 5 nitrogen and oxygen atoms in total. The van der Waals surface area contributed by atoms with Gasteiger partial charge in [0.15, 0.2) is 0 Å². The van der Waals surface area contributed by atoms with E-state index in [9.17, 15) is 9.59 Å². The van der Waals surface area contributed by atoms with Crippen molar-refractivity contribution >= 4 is 11.8 Å². The first-order valence-electron chi connectivity index (χ1n) is 6.30. The molecule has 2 rings (SSSR count). The minimum atomic E-state index is -0.189. The van der Waals surface area contributed by atoms with Gasteiger partial charge < -0.3 is 4.90 Å². The third kappa shape index (κ3) is 3.12. The van der Waals surface area contributed by atoms with Crippen LogP contribution in [0.3, 0.4) is 0 Å². The minimum absolute atomic E-state index is 0.189. The van der Waals surface area contributed by atoms with E-state index in [1.54, 1.807) is 19.2 Å². The van der Waals surface area contributed by atoms with E-state index in [-0.39, 0.29) is 11.8 Å². The topological polar surface area (TPSA) is 49.9 Å². The molecule has 0 unspecified atom stereocenters. The minimum Gasteiger partial charge on any atom is -0.338 e. The van der Waals surface area contributed by atoms with Gasteiger partial charge in [-0.15, -0.1) is 0 Å². The van der Waals surface area contributed by atoms with E-state index >= 15 is 0 Å². The van der Waals surface area contributed by atoms with Crippen LogP contribution in [0.2, 0.25) is 0 Å². The summed E-state index contributed by atoms with van der Waals surface area (Å²) in [5, 5.41) is 1.18. The lowest BCUT2D eigenvalue weighted by Gasteiger charge is -2.16. The van der Waals surface area contributed by atoms with Crippen LogP contribution in [-0.2, 0) is 16.2 Å². The first-order chi connectivity index (χ1) is 9.11. The molecule has 0 saturated carbocycles. The number of hydroxylamine groups is 2. The predicted octanol–water partition coefficient (Wildman–Crippen LogP) is 1.44. The van der Waals surface area contributed by atoms with Gasteiger partial charge in [0, 0.05) is 32.1 Å². The molecule has 0 bridgehead atoms. The molecule has 1 aromatic carbocycles. The number of carbonyl (C=O) groups is 2. The van der Waals surface area contributed by atoms with Crippen molar-refractivity contribution in [3.8, 4) is 0 Å². The van der Waals surface area contributed by atoms with E-state index < -0.39 is 0 Å². The smallest absolute Gasteiger partial charge is 0.277 e. The average Bonchev–Trinajstić information content (AvgIpc) is 2.83. The number of hydrogen-bond donors (Lipinski definition) is 0. The summed E-state index contributed by atoms with van der Waals surface area (Å²) in [5.74, 6) is 0.0190. The summed E-state index contributed by atoms with van der Waals surface area (Å²) in [6, 6.07) is 7.27. The van der Waals surface area contributed by atoms with Crippen molar-refractivity contribution in [1.82, 2.24) is 9.96 Å². The van der Waals surface area contributed by atoms with Crippen LogP contribution in [0.15, 0.2) is 24.3 Å². The van der Waals surface area contributed by atoms with Gasteiger partial charge in [0.2, 0.25) is 5.91 Å². The zero-order valence-corrected chi connectivity index (χ0v) is 11.3. The van der Waals surface area contributed by atoms with Crippen molar-refractivity contribution in [3.63, 3.8) is 0 Å². The van der Waals surface area contributed by atoms with E-state index in [4.69, 9.17) is 4.84 Å². The summed E-state index contributed by atoms with van der Waals surface area (Å²) >= 11 is 0. The predicted molar refractivity (Wildman–Crippen MR) is 70.2 cm³/mol. The SMILES string of the molecule is CON(C)C(=O)c1ccc(CN2CCCC2=O)cc1. The van der Waals surface area contributed by atoms with Crippen LogP contribution in [0.1, 0.15) is 28.8 Å². The molecule has 102 valence electrons. The molecule has 1 aliphatic rings. The summed E-state index contributed by atoms with van der Waals surface area (Å²) in [6.07, 6.45) is 1.59. The fourth-order valence-corrected chi connectivity index (χ4v) is 2.11. The van der Waals surface area contributed by atoms with Crippen LogP contribution in [0.5, 0.6) is 0 Å². The molecule has 1 aromatic rings. The zero-order chi connectivity index (χ0) is 13.8. The molecule has 0 N–H and O–H groups in total. The van der Waals surface area contributed by atoms with Crippen LogP contribution in [0.4, 0.5) is 0 Å². The Kier molecular flexibility index (Phi) is 4.16. The third-order valence-electron chi connectivity index (χ3n) is 3.31. The van der Waals surface area contributed by atoms with Gasteiger partial charge >= 0.3 is 0 Å². The Morgan fingerprint density at radius 1 is 1.37 bits per heavy atom. The molecule has 0 aliphatic carbocycles. The average molecular weight is 262 g/mol. The molecular weight excluding hydrogens is 244 g/mol. The first kappa shape index (κ1) is 13.5. The molecule has 1 heterocycles. The molecule has 19 heavy (non-hydrogen) atoms. The van der Waals surface area contributed by atoms with Gasteiger partial charge in [-0.25, -0.2) is 5.06 Å². The van der Waals surface area contributed by atoms with E-state index in [0.29, 0.717) is 18.5 Å². The van der Waals surface area contributed by atoms with Crippen LogP contribution in [-0.4, -0.2) is 42.5 Å². The Morgan fingerprint density at radius 3 is 2.58 bits per heavy atom. The number of amides is 2. The molecule has 2 amide bonds.